The van der Waals surface area contributed by atoms with Crippen LogP contribution < -0.4 is 11.3 Å². The van der Waals surface area contributed by atoms with E-state index in [-0.39, 0.29) is 5.56 Å². The van der Waals surface area contributed by atoms with Crippen molar-refractivity contribution < 1.29 is 0 Å². The molecule has 0 unspecified atom stereocenters. The molecule has 0 atom stereocenters. The van der Waals surface area contributed by atoms with Gasteiger partial charge >= 0.3 is 0 Å². The number of aromatic nitrogens is 4. The van der Waals surface area contributed by atoms with Gasteiger partial charge < -0.3 is 5.73 Å². The Morgan fingerprint density at radius 2 is 2.00 bits per heavy atom. The summed E-state index contributed by atoms with van der Waals surface area (Å²) < 4.78 is 0. The van der Waals surface area contributed by atoms with E-state index in [0.717, 1.165) is 12.0 Å². The van der Waals surface area contributed by atoms with Crippen molar-refractivity contribution in [2.75, 3.05) is 5.73 Å². The number of hydrogen-bond donors (Lipinski definition) is 2. The van der Waals surface area contributed by atoms with Gasteiger partial charge in [0.15, 0.2) is 5.01 Å². The van der Waals surface area contributed by atoms with Crippen LogP contribution in [-0.4, -0.2) is 20.4 Å². The molecule has 0 aliphatic carbocycles. The quantitative estimate of drug-likeness (QED) is 0.772. The van der Waals surface area contributed by atoms with Crippen LogP contribution in [0.3, 0.4) is 0 Å². The molecule has 2 aromatic heterocycles. The first-order valence-electron chi connectivity index (χ1n) is 6.45. The standard InChI is InChI=1S/C14H13N5OS/c1-2-8-3-5-9(6-4-8)11-7-10(12(20)17-16-11)13-18-19-14(15)21-13/h3-7H,2H2,1H3,(H2,15,19)(H,17,20). The zero-order chi connectivity index (χ0) is 14.8. The second kappa shape index (κ2) is 5.45. The van der Waals surface area contributed by atoms with Gasteiger partial charge in [-0.1, -0.05) is 42.5 Å². The Labute approximate surface area is 124 Å². The molecule has 0 saturated carbocycles. The molecular formula is C14H13N5OS. The highest BCUT2D eigenvalue weighted by Crippen LogP contribution is 2.25. The molecule has 7 heteroatoms. The van der Waals surface area contributed by atoms with Crippen molar-refractivity contribution in [3.8, 4) is 21.8 Å². The minimum Gasteiger partial charge on any atom is -0.374 e. The van der Waals surface area contributed by atoms with Gasteiger partial charge in [-0.2, -0.15) is 5.10 Å². The summed E-state index contributed by atoms with van der Waals surface area (Å²) in [5.74, 6) is 0. The smallest absolute Gasteiger partial charge is 0.274 e. The number of H-pyrrole nitrogens is 1. The van der Waals surface area contributed by atoms with Crippen LogP contribution in [0.25, 0.3) is 21.8 Å². The topological polar surface area (TPSA) is 97.5 Å². The number of nitrogens with one attached hydrogen (secondary N) is 1. The lowest BCUT2D eigenvalue weighted by atomic mass is 10.1. The third kappa shape index (κ3) is 2.68. The molecule has 3 rings (SSSR count). The van der Waals surface area contributed by atoms with Gasteiger partial charge in [-0.3, -0.25) is 4.79 Å². The number of nitrogens with zero attached hydrogens (tertiary/aromatic N) is 3. The third-order valence-electron chi connectivity index (χ3n) is 3.13. The van der Waals surface area contributed by atoms with Crippen molar-refractivity contribution >= 4 is 16.5 Å². The number of nitrogens with two attached hydrogens (primary N) is 1. The van der Waals surface area contributed by atoms with Gasteiger partial charge in [-0.05, 0) is 18.1 Å². The van der Waals surface area contributed by atoms with Gasteiger partial charge in [0, 0.05) is 5.56 Å². The molecule has 3 N–H and O–H groups in total. The Hall–Kier alpha value is -2.54. The van der Waals surface area contributed by atoms with Crippen LogP contribution in [0.1, 0.15) is 12.5 Å². The Morgan fingerprint density at radius 3 is 2.62 bits per heavy atom. The summed E-state index contributed by atoms with van der Waals surface area (Å²) in [5, 5.41) is 15.0. The normalized spacial score (nSPS) is 10.7. The highest BCUT2D eigenvalue weighted by Gasteiger charge is 2.11. The fourth-order valence-electron chi connectivity index (χ4n) is 1.97. The van der Waals surface area contributed by atoms with Gasteiger partial charge in [0.1, 0.15) is 0 Å². The summed E-state index contributed by atoms with van der Waals surface area (Å²) >= 11 is 1.17. The summed E-state index contributed by atoms with van der Waals surface area (Å²) in [5.41, 5.74) is 8.55. The lowest BCUT2D eigenvalue weighted by Crippen LogP contribution is -2.11. The average molecular weight is 299 g/mol. The largest absolute Gasteiger partial charge is 0.374 e. The number of aromatic amines is 1. The number of hydrogen-bond acceptors (Lipinski definition) is 6. The Balaban J connectivity index is 2.06. The van der Waals surface area contributed by atoms with E-state index < -0.39 is 0 Å². The van der Waals surface area contributed by atoms with Crippen LogP contribution >= 0.6 is 11.3 Å². The van der Waals surface area contributed by atoms with Crippen molar-refractivity contribution in [2.24, 2.45) is 0 Å². The van der Waals surface area contributed by atoms with Gasteiger partial charge in [0.25, 0.3) is 5.56 Å². The van der Waals surface area contributed by atoms with Crippen molar-refractivity contribution in [1.29, 1.82) is 0 Å². The van der Waals surface area contributed by atoms with Crippen molar-refractivity contribution in [3.63, 3.8) is 0 Å². The fraction of sp³-hybridized carbons (Fsp3) is 0.143. The molecule has 2 heterocycles. The van der Waals surface area contributed by atoms with Crippen LogP contribution in [0.5, 0.6) is 0 Å². The second-order valence-electron chi connectivity index (χ2n) is 4.49. The molecule has 21 heavy (non-hydrogen) atoms. The lowest BCUT2D eigenvalue weighted by molar-refractivity contribution is 0.992. The summed E-state index contributed by atoms with van der Waals surface area (Å²) in [6.07, 6.45) is 0.981. The molecule has 0 saturated heterocycles. The van der Waals surface area contributed by atoms with Crippen LogP contribution in [0.2, 0.25) is 0 Å². The fourth-order valence-corrected chi connectivity index (χ4v) is 2.59. The molecule has 6 nitrogen and oxygen atoms in total. The van der Waals surface area contributed by atoms with Crippen molar-refractivity contribution in [2.45, 2.75) is 13.3 Å². The van der Waals surface area contributed by atoms with Crippen LogP contribution in [0, 0.1) is 0 Å². The molecule has 0 bridgehead atoms. The molecular weight excluding hydrogens is 286 g/mol. The average Bonchev–Trinajstić information content (AvgIpc) is 2.94. The van der Waals surface area contributed by atoms with E-state index in [1.165, 1.54) is 16.9 Å². The number of aryl methyl sites for hydroxylation is 1. The van der Waals surface area contributed by atoms with Crippen LogP contribution in [0.15, 0.2) is 35.1 Å². The molecule has 0 spiro atoms. The molecule has 0 aliphatic rings. The number of rotatable bonds is 3. The van der Waals surface area contributed by atoms with E-state index in [1.807, 2.05) is 24.3 Å². The van der Waals surface area contributed by atoms with E-state index in [2.05, 4.69) is 27.3 Å². The SMILES string of the molecule is CCc1ccc(-c2cc(-c3nnc(N)s3)c(=O)[nH]n2)cc1. The zero-order valence-electron chi connectivity index (χ0n) is 11.3. The molecule has 1 aromatic carbocycles. The number of nitrogen functional groups attached to an aromatic ring is 1. The first kappa shape index (κ1) is 13.4. The zero-order valence-corrected chi connectivity index (χ0v) is 12.1. The molecule has 0 amide bonds. The van der Waals surface area contributed by atoms with E-state index in [1.54, 1.807) is 6.07 Å². The number of anilines is 1. The Kier molecular flexibility index (Phi) is 3.49. The van der Waals surface area contributed by atoms with Gasteiger partial charge in [0.05, 0.1) is 11.3 Å². The first-order valence-corrected chi connectivity index (χ1v) is 7.27. The van der Waals surface area contributed by atoms with E-state index in [0.29, 0.717) is 21.4 Å². The first-order chi connectivity index (χ1) is 10.2. The minimum atomic E-state index is -0.305. The maximum atomic E-state index is 11.9. The molecule has 106 valence electrons. The second-order valence-corrected chi connectivity index (χ2v) is 5.50. The van der Waals surface area contributed by atoms with E-state index >= 15 is 0 Å². The minimum absolute atomic E-state index is 0.305. The van der Waals surface area contributed by atoms with Crippen LogP contribution in [0.4, 0.5) is 5.13 Å². The van der Waals surface area contributed by atoms with E-state index in [4.69, 9.17) is 5.73 Å². The third-order valence-corrected chi connectivity index (χ3v) is 3.92. The summed E-state index contributed by atoms with van der Waals surface area (Å²) in [7, 11) is 0. The van der Waals surface area contributed by atoms with Gasteiger partial charge in [-0.15, -0.1) is 10.2 Å². The lowest BCUT2D eigenvalue weighted by Gasteiger charge is -2.03. The Morgan fingerprint density at radius 1 is 1.24 bits per heavy atom. The van der Waals surface area contributed by atoms with Crippen molar-refractivity contribution in [3.05, 3.63) is 46.2 Å². The molecule has 0 aliphatic heterocycles. The van der Waals surface area contributed by atoms with Crippen molar-refractivity contribution in [1.82, 2.24) is 20.4 Å². The molecule has 0 radical (unpaired) electrons. The predicted molar refractivity (Wildman–Crippen MR) is 83.0 cm³/mol. The van der Waals surface area contributed by atoms with Crippen LogP contribution in [-0.2, 0) is 6.42 Å². The predicted octanol–water partition coefficient (Wildman–Crippen LogP) is 2.10. The van der Waals surface area contributed by atoms with Gasteiger partial charge in [0.2, 0.25) is 5.13 Å². The highest BCUT2D eigenvalue weighted by molar-refractivity contribution is 7.18. The highest BCUT2D eigenvalue weighted by atomic mass is 32.1. The summed E-state index contributed by atoms with van der Waals surface area (Å²) in [4.78, 5) is 11.9. The summed E-state index contributed by atoms with van der Waals surface area (Å²) in [6, 6.07) is 9.77. The maximum absolute atomic E-state index is 11.9. The van der Waals surface area contributed by atoms with Gasteiger partial charge in [-0.25, -0.2) is 5.10 Å². The van der Waals surface area contributed by atoms with E-state index in [9.17, 15) is 4.79 Å². The Bertz CT molecular complexity index is 822. The molecule has 0 fully saturated rings. The monoisotopic (exact) mass is 299 g/mol. The number of benzene rings is 1. The maximum Gasteiger partial charge on any atom is 0.274 e. The molecule has 3 aromatic rings. The summed E-state index contributed by atoms with van der Waals surface area (Å²) in [6.45, 7) is 2.10.